The average Bonchev–Trinajstić information content (AvgIpc) is 2.85. The molecule has 0 radical (unpaired) electrons. The van der Waals surface area contributed by atoms with E-state index in [1.807, 2.05) is 13.8 Å². The number of hydrogen-bond acceptors (Lipinski definition) is 4. The summed E-state index contributed by atoms with van der Waals surface area (Å²) in [6, 6.07) is 13.2. The maximum atomic E-state index is 13.2. The molecular weight excluding hydrogens is 517 g/mol. The number of pyridine rings is 1. The number of aryl methyl sites for hydroxylation is 1. The summed E-state index contributed by atoms with van der Waals surface area (Å²) in [7, 11) is -3.61. The molecule has 3 aromatic rings. The maximum Gasteiger partial charge on any atom is 0.416 e. The first kappa shape index (κ1) is 28.9. The topological polar surface area (TPSA) is 85.2 Å². The van der Waals surface area contributed by atoms with Crippen LogP contribution >= 0.6 is 0 Å². The zero-order chi connectivity index (χ0) is 28.3. The SMILES string of the molecule is C=CC(CC(C)C)S(=O)(=O)c1ccc(CNC(=O)c2ccc(C)n(-c3cccc(C(F)(F)F)c3)c2=O)cc1. The highest BCUT2D eigenvalue weighted by Gasteiger charge is 2.31. The number of alkyl halides is 3. The molecule has 202 valence electrons. The predicted octanol–water partition coefficient (Wildman–Crippen LogP) is 5.47. The van der Waals surface area contributed by atoms with Gasteiger partial charge in [-0.25, -0.2) is 8.42 Å². The van der Waals surface area contributed by atoms with E-state index in [0.29, 0.717) is 17.7 Å². The number of sulfone groups is 1. The summed E-state index contributed by atoms with van der Waals surface area (Å²) in [5.74, 6) is -0.543. The Bertz CT molecular complexity index is 1490. The van der Waals surface area contributed by atoms with Crippen LogP contribution in [0.3, 0.4) is 0 Å². The number of carbonyl (C=O) groups excluding carboxylic acids is 1. The maximum absolute atomic E-state index is 13.2. The normalized spacial score (nSPS) is 12.8. The van der Waals surface area contributed by atoms with Crippen molar-refractivity contribution >= 4 is 15.7 Å². The smallest absolute Gasteiger partial charge is 0.348 e. The molecule has 1 atom stereocenters. The van der Waals surface area contributed by atoms with Crippen molar-refractivity contribution in [3.63, 3.8) is 0 Å². The third-order valence-corrected chi connectivity index (χ3v) is 8.14. The highest BCUT2D eigenvalue weighted by molar-refractivity contribution is 7.92. The van der Waals surface area contributed by atoms with Gasteiger partial charge >= 0.3 is 6.18 Å². The van der Waals surface area contributed by atoms with Crippen LogP contribution in [0.5, 0.6) is 0 Å². The molecule has 2 aromatic carbocycles. The molecule has 1 N–H and O–H groups in total. The van der Waals surface area contributed by atoms with Crippen LogP contribution in [0.25, 0.3) is 5.69 Å². The van der Waals surface area contributed by atoms with Crippen LogP contribution in [0, 0.1) is 12.8 Å². The summed E-state index contributed by atoms with van der Waals surface area (Å²) in [5, 5.41) is 1.90. The minimum Gasteiger partial charge on any atom is -0.348 e. The molecule has 0 aliphatic carbocycles. The molecule has 1 aromatic heterocycles. The van der Waals surface area contributed by atoms with Crippen LogP contribution in [0.1, 0.15) is 47.4 Å². The number of hydrogen-bond donors (Lipinski definition) is 1. The Morgan fingerprint density at radius 3 is 2.32 bits per heavy atom. The fourth-order valence-corrected chi connectivity index (χ4v) is 5.77. The van der Waals surface area contributed by atoms with E-state index in [1.54, 1.807) is 19.1 Å². The third-order valence-electron chi connectivity index (χ3n) is 6.02. The zero-order valence-electron chi connectivity index (χ0n) is 21.2. The Morgan fingerprint density at radius 2 is 1.74 bits per heavy atom. The molecule has 0 saturated carbocycles. The van der Waals surface area contributed by atoms with E-state index in [2.05, 4.69) is 11.9 Å². The summed E-state index contributed by atoms with van der Waals surface area (Å²) >= 11 is 0. The number of nitrogens with one attached hydrogen (secondary N) is 1. The van der Waals surface area contributed by atoms with E-state index >= 15 is 0 Å². The van der Waals surface area contributed by atoms with Crippen molar-refractivity contribution in [3.8, 4) is 5.69 Å². The van der Waals surface area contributed by atoms with Gasteiger partial charge in [-0.05, 0) is 67.3 Å². The Hall–Kier alpha value is -3.66. The average molecular weight is 547 g/mol. The number of aromatic nitrogens is 1. The Kier molecular flexibility index (Phi) is 8.66. The van der Waals surface area contributed by atoms with Gasteiger partial charge in [0, 0.05) is 17.9 Å². The van der Waals surface area contributed by atoms with Crippen molar-refractivity contribution in [2.45, 2.75) is 50.1 Å². The number of carbonyl (C=O) groups is 1. The molecule has 0 aliphatic heterocycles. The first-order valence-electron chi connectivity index (χ1n) is 11.9. The Labute approximate surface area is 219 Å². The van der Waals surface area contributed by atoms with Crippen LogP contribution in [0.4, 0.5) is 13.2 Å². The first-order valence-corrected chi connectivity index (χ1v) is 13.4. The van der Waals surface area contributed by atoms with Crippen molar-refractivity contribution in [3.05, 3.63) is 106 Å². The second-order valence-corrected chi connectivity index (χ2v) is 11.5. The van der Waals surface area contributed by atoms with E-state index in [4.69, 9.17) is 0 Å². The molecule has 10 heteroatoms. The highest BCUT2D eigenvalue weighted by atomic mass is 32.2. The molecule has 1 unspecified atom stereocenters. The van der Waals surface area contributed by atoms with Gasteiger partial charge in [0.15, 0.2) is 9.84 Å². The lowest BCUT2D eigenvalue weighted by molar-refractivity contribution is -0.137. The molecule has 1 heterocycles. The molecule has 6 nitrogen and oxygen atoms in total. The molecule has 1 amide bonds. The number of rotatable bonds is 9. The van der Waals surface area contributed by atoms with Gasteiger partial charge in [-0.1, -0.05) is 38.1 Å². The van der Waals surface area contributed by atoms with E-state index in [9.17, 15) is 31.2 Å². The van der Waals surface area contributed by atoms with Gasteiger partial charge in [0.2, 0.25) is 0 Å². The summed E-state index contributed by atoms with van der Waals surface area (Å²) < 4.78 is 66.4. The minimum atomic E-state index is -4.58. The van der Waals surface area contributed by atoms with Crippen LogP contribution in [-0.2, 0) is 22.6 Å². The number of halogens is 3. The van der Waals surface area contributed by atoms with Crippen molar-refractivity contribution < 1.29 is 26.4 Å². The van der Waals surface area contributed by atoms with Crippen molar-refractivity contribution in [1.82, 2.24) is 9.88 Å². The van der Waals surface area contributed by atoms with Crippen LogP contribution in [0.2, 0.25) is 0 Å². The molecule has 38 heavy (non-hydrogen) atoms. The van der Waals surface area contributed by atoms with Gasteiger partial charge in [-0.15, -0.1) is 6.58 Å². The molecule has 0 fully saturated rings. The fourth-order valence-electron chi connectivity index (χ4n) is 4.01. The van der Waals surface area contributed by atoms with E-state index < -0.39 is 38.3 Å². The van der Waals surface area contributed by atoms with Gasteiger partial charge in [0.05, 0.1) is 15.7 Å². The lowest BCUT2D eigenvalue weighted by atomic mass is 10.1. The highest BCUT2D eigenvalue weighted by Crippen LogP contribution is 2.30. The number of nitrogens with zero attached hydrogens (tertiary/aromatic N) is 1. The van der Waals surface area contributed by atoms with Crippen LogP contribution < -0.4 is 10.9 Å². The number of amides is 1. The molecule has 0 aliphatic rings. The zero-order valence-corrected chi connectivity index (χ0v) is 22.1. The summed E-state index contributed by atoms with van der Waals surface area (Å²) in [6.45, 7) is 9.07. The van der Waals surface area contributed by atoms with E-state index in [1.165, 1.54) is 42.5 Å². The molecule has 0 bridgehead atoms. The van der Waals surface area contributed by atoms with Crippen molar-refractivity contribution in [2.75, 3.05) is 0 Å². The van der Waals surface area contributed by atoms with Crippen molar-refractivity contribution in [1.29, 1.82) is 0 Å². The second kappa shape index (κ2) is 11.4. The largest absolute Gasteiger partial charge is 0.416 e. The van der Waals surface area contributed by atoms with Gasteiger partial charge in [0.1, 0.15) is 5.56 Å². The van der Waals surface area contributed by atoms with Gasteiger partial charge in [-0.3, -0.25) is 14.2 Å². The first-order chi connectivity index (χ1) is 17.8. The summed E-state index contributed by atoms with van der Waals surface area (Å²) in [5.41, 5.74) is -0.965. The van der Waals surface area contributed by atoms with Crippen LogP contribution in [0.15, 0.2) is 83.0 Å². The fraction of sp³-hybridized carbons (Fsp3) is 0.286. The third kappa shape index (κ3) is 6.42. The molecule has 0 saturated heterocycles. The number of benzene rings is 2. The lowest BCUT2D eigenvalue weighted by Crippen LogP contribution is -2.33. The van der Waals surface area contributed by atoms with Crippen molar-refractivity contribution in [2.24, 2.45) is 5.92 Å². The molecular formula is C28H29F3N2O4S. The minimum absolute atomic E-state index is 0.00686. The van der Waals surface area contributed by atoms with Gasteiger partial charge in [0.25, 0.3) is 11.5 Å². The van der Waals surface area contributed by atoms with E-state index in [-0.39, 0.29) is 28.6 Å². The standard InChI is InChI=1S/C28H29F3N2O4S/c1-5-23(15-18(2)3)38(36,37)24-12-10-20(11-13-24)17-32-26(34)25-14-9-19(4)33(27(25)35)22-8-6-7-21(16-22)28(29,30)31/h5-14,16,18,23H,1,15,17H2,2-4H3,(H,32,34). The summed E-state index contributed by atoms with van der Waals surface area (Å²) in [6.07, 6.45) is -2.71. The lowest BCUT2D eigenvalue weighted by Gasteiger charge is -2.16. The Morgan fingerprint density at radius 1 is 1.08 bits per heavy atom. The predicted molar refractivity (Wildman–Crippen MR) is 140 cm³/mol. The summed E-state index contributed by atoms with van der Waals surface area (Å²) in [4.78, 5) is 26.0. The van der Waals surface area contributed by atoms with Crippen LogP contribution in [-0.4, -0.2) is 24.1 Å². The monoisotopic (exact) mass is 546 g/mol. The molecule has 3 rings (SSSR count). The Balaban J connectivity index is 1.80. The quantitative estimate of drug-likeness (QED) is 0.361. The van der Waals surface area contributed by atoms with E-state index in [0.717, 1.165) is 16.7 Å². The molecule has 0 spiro atoms. The second-order valence-electron chi connectivity index (χ2n) is 9.35. The van der Waals surface area contributed by atoms with Gasteiger partial charge in [-0.2, -0.15) is 13.2 Å². The van der Waals surface area contributed by atoms with Gasteiger partial charge < -0.3 is 5.32 Å².